The molecule has 8 aromatic carbocycles. The predicted octanol–water partition coefficient (Wildman–Crippen LogP) is 13.8. The molecule has 0 radical (unpaired) electrons. The van der Waals surface area contributed by atoms with Crippen LogP contribution in [0.3, 0.4) is 0 Å². The summed E-state index contributed by atoms with van der Waals surface area (Å²) in [5, 5.41) is 4.18. The van der Waals surface area contributed by atoms with E-state index in [9.17, 15) is 0 Å². The summed E-state index contributed by atoms with van der Waals surface area (Å²) < 4.78 is 12.7. The lowest BCUT2D eigenvalue weighted by molar-refractivity contribution is 0.668. The average molecular weight is 733 g/mol. The Bertz CT molecular complexity index is 3170. The summed E-state index contributed by atoms with van der Waals surface area (Å²) in [6.07, 6.45) is 0. The van der Waals surface area contributed by atoms with Crippen LogP contribution in [0.2, 0.25) is 0 Å². The number of fused-ring (bicyclic) bond motifs is 6. The van der Waals surface area contributed by atoms with Gasteiger partial charge in [0.1, 0.15) is 22.3 Å². The molecule has 6 nitrogen and oxygen atoms in total. The smallest absolute Gasteiger partial charge is 0.164 e. The molecule has 11 aromatic rings. The van der Waals surface area contributed by atoms with Crippen molar-refractivity contribution < 1.29 is 8.83 Å². The van der Waals surface area contributed by atoms with Crippen molar-refractivity contribution in [2.75, 3.05) is 4.90 Å². The van der Waals surface area contributed by atoms with Crippen LogP contribution in [-0.2, 0) is 0 Å². The van der Waals surface area contributed by atoms with Crippen molar-refractivity contribution in [3.63, 3.8) is 0 Å². The number of furan rings is 2. The Hall–Kier alpha value is -7.83. The first-order chi connectivity index (χ1) is 28.2. The molecule has 0 bridgehead atoms. The van der Waals surface area contributed by atoms with Crippen LogP contribution in [0.25, 0.3) is 89.2 Å². The standard InChI is InChI=1S/C51H32N4O2/c1-4-13-34(14-5-1)49-52-50(35-15-6-2-7-16-35)54-51(53-49)42-20-12-22-46-48(42)41-29-28-39(32-47(41)57-46)55(37-17-8-3-9-18-37)38-26-23-33(24-27-38)36-25-30-45-43(31-36)40-19-10-11-21-44(40)56-45/h1-32H. The van der Waals surface area contributed by atoms with Crippen molar-refractivity contribution in [3.05, 3.63) is 194 Å². The van der Waals surface area contributed by atoms with Crippen molar-refractivity contribution in [3.8, 4) is 45.3 Å². The number of benzene rings is 8. The monoisotopic (exact) mass is 732 g/mol. The second-order valence-corrected chi connectivity index (χ2v) is 14.0. The van der Waals surface area contributed by atoms with Gasteiger partial charge in [0.15, 0.2) is 17.5 Å². The average Bonchev–Trinajstić information content (AvgIpc) is 3.85. The van der Waals surface area contributed by atoms with Crippen molar-refractivity contribution in [2.45, 2.75) is 0 Å². The summed E-state index contributed by atoms with van der Waals surface area (Å²) >= 11 is 0. The Kier molecular flexibility index (Phi) is 7.71. The summed E-state index contributed by atoms with van der Waals surface area (Å²) in [6, 6.07) is 66.3. The lowest BCUT2D eigenvalue weighted by Crippen LogP contribution is -2.09. The van der Waals surface area contributed by atoms with Crippen LogP contribution in [-0.4, -0.2) is 15.0 Å². The fraction of sp³-hybridized carbons (Fsp3) is 0. The number of rotatable bonds is 7. The van der Waals surface area contributed by atoms with Crippen LogP contribution in [0.4, 0.5) is 17.1 Å². The van der Waals surface area contributed by atoms with Gasteiger partial charge < -0.3 is 13.7 Å². The zero-order valence-electron chi connectivity index (χ0n) is 30.6. The highest BCUT2D eigenvalue weighted by atomic mass is 16.3. The second kappa shape index (κ2) is 13.5. The fourth-order valence-corrected chi connectivity index (χ4v) is 7.80. The number of hydrogen-bond acceptors (Lipinski definition) is 6. The van der Waals surface area contributed by atoms with Gasteiger partial charge in [0.2, 0.25) is 0 Å². The summed E-state index contributed by atoms with van der Waals surface area (Å²) in [5.74, 6) is 1.82. The molecule has 0 saturated heterocycles. The molecule has 11 rings (SSSR count). The van der Waals surface area contributed by atoms with E-state index in [1.807, 2.05) is 91.0 Å². The van der Waals surface area contributed by atoms with Crippen molar-refractivity contribution in [1.29, 1.82) is 0 Å². The Morgan fingerprint density at radius 2 is 0.877 bits per heavy atom. The van der Waals surface area contributed by atoms with E-state index < -0.39 is 0 Å². The molecule has 0 aliphatic heterocycles. The number of anilines is 3. The van der Waals surface area contributed by atoms with E-state index in [0.717, 1.165) is 88.8 Å². The topological polar surface area (TPSA) is 68.2 Å². The van der Waals surface area contributed by atoms with Crippen LogP contribution >= 0.6 is 0 Å². The van der Waals surface area contributed by atoms with Gasteiger partial charge in [-0.1, -0.05) is 127 Å². The van der Waals surface area contributed by atoms with Crippen LogP contribution < -0.4 is 4.90 Å². The van der Waals surface area contributed by atoms with Gasteiger partial charge in [-0.2, -0.15) is 0 Å². The molecule has 0 amide bonds. The second-order valence-electron chi connectivity index (χ2n) is 14.0. The van der Waals surface area contributed by atoms with Crippen molar-refractivity contribution in [1.82, 2.24) is 15.0 Å². The molecular formula is C51H32N4O2. The van der Waals surface area contributed by atoms with Crippen molar-refractivity contribution >= 4 is 60.9 Å². The predicted molar refractivity (Wildman–Crippen MR) is 231 cm³/mol. The highest BCUT2D eigenvalue weighted by Gasteiger charge is 2.20. The van der Waals surface area contributed by atoms with Gasteiger partial charge in [-0.3, -0.25) is 0 Å². The Balaban J connectivity index is 1.01. The molecule has 3 heterocycles. The van der Waals surface area contributed by atoms with E-state index in [1.165, 1.54) is 0 Å². The molecule has 0 atom stereocenters. The van der Waals surface area contributed by atoms with E-state index >= 15 is 0 Å². The summed E-state index contributed by atoms with van der Waals surface area (Å²) in [6.45, 7) is 0. The summed E-state index contributed by atoms with van der Waals surface area (Å²) in [7, 11) is 0. The van der Waals surface area contributed by atoms with Gasteiger partial charge in [0.25, 0.3) is 0 Å². The quantitative estimate of drug-likeness (QED) is 0.162. The number of nitrogens with zero attached hydrogens (tertiary/aromatic N) is 4. The van der Waals surface area contributed by atoms with Gasteiger partial charge in [0, 0.05) is 61.4 Å². The normalized spacial score (nSPS) is 11.5. The molecule has 0 spiro atoms. The third-order valence-corrected chi connectivity index (χ3v) is 10.5. The molecule has 3 aromatic heterocycles. The van der Waals surface area contributed by atoms with E-state index in [-0.39, 0.29) is 0 Å². The Morgan fingerprint density at radius 3 is 1.61 bits per heavy atom. The third-order valence-electron chi connectivity index (χ3n) is 10.5. The number of para-hydroxylation sites is 2. The lowest BCUT2D eigenvalue weighted by Gasteiger charge is -2.25. The Morgan fingerprint density at radius 1 is 0.316 bits per heavy atom. The van der Waals surface area contributed by atoms with Crippen LogP contribution in [0.5, 0.6) is 0 Å². The van der Waals surface area contributed by atoms with Crippen LogP contribution in [0.15, 0.2) is 203 Å². The van der Waals surface area contributed by atoms with Gasteiger partial charge in [-0.05, 0) is 71.8 Å². The first-order valence-electron chi connectivity index (χ1n) is 18.9. The summed E-state index contributed by atoms with van der Waals surface area (Å²) in [4.78, 5) is 17.2. The largest absolute Gasteiger partial charge is 0.456 e. The van der Waals surface area contributed by atoms with E-state index in [2.05, 4.69) is 108 Å². The molecule has 0 N–H and O–H groups in total. The Labute approximate surface area is 328 Å². The van der Waals surface area contributed by atoms with Crippen molar-refractivity contribution in [2.24, 2.45) is 0 Å². The number of hydrogen-bond donors (Lipinski definition) is 0. The molecule has 57 heavy (non-hydrogen) atoms. The molecule has 0 saturated carbocycles. The van der Waals surface area contributed by atoms with Crippen LogP contribution in [0, 0.1) is 0 Å². The molecule has 0 unspecified atom stereocenters. The summed E-state index contributed by atoms with van der Waals surface area (Å²) in [5.41, 5.74) is 11.4. The van der Waals surface area contributed by atoms with E-state index in [1.54, 1.807) is 0 Å². The van der Waals surface area contributed by atoms with Crippen LogP contribution in [0.1, 0.15) is 0 Å². The first-order valence-corrected chi connectivity index (χ1v) is 18.9. The van der Waals surface area contributed by atoms with Gasteiger partial charge in [-0.15, -0.1) is 0 Å². The van der Waals surface area contributed by atoms with Gasteiger partial charge in [-0.25, -0.2) is 15.0 Å². The minimum Gasteiger partial charge on any atom is -0.456 e. The van der Waals surface area contributed by atoms with E-state index in [4.69, 9.17) is 23.8 Å². The van der Waals surface area contributed by atoms with Gasteiger partial charge >= 0.3 is 0 Å². The maximum atomic E-state index is 6.64. The molecule has 0 aliphatic carbocycles. The highest BCUT2D eigenvalue weighted by molar-refractivity contribution is 6.12. The third kappa shape index (κ3) is 5.79. The zero-order chi connectivity index (χ0) is 37.7. The zero-order valence-corrected chi connectivity index (χ0v) is 30.6. The highest BCUT2D eigenvalue weighted by Crippen LogP contribution is 2.42. The minimum atomic E-state index is 0.589. The first kappa shape index (κ1) is 32.6. The molecule has 0 fully saturated rings. The molecule has 6 heteroatoms. The SMILES string of the molecule is c1ccc(-c2nc(-c3ccccc3)nc(-c3cccc4oc5cc(N(c6ccccc6)c6ccc(-c7ccc8oc9ccccc9c8c7)cc6)ccc5c34)n2)cc1. The maximum Gasteiger partial charge on any atom is 0.164 e. The number of aromatic nitrogens is 3. The molecular weight excluding hydrogens is 701 g/mol. The van der Waals surface area contributed by atoms with E-state index in [0.29, 0.717) is 17.5 Å². The lowest BCUT2D eigenvalue weighted by atomic mass is 10.0. The van der Waals surface area contributed by atoms with Gasteiger partial charge in [0.05, 0.1) is 0 Å². The minimum absolute atomic E-state index is 0.589. The fourth-order valence-electron chi connectivity index (χ4n) is 7.80. The molecule has 0 aliphatic rings. The maximum absolute atomic E-state index is 6.64. The molecule has 268 valence electrons.